The Labute approximate surface area is 458 Å². The minimum absolute atomic E-state index is 0. The number of nitriles is 1. The molecule has 0 aromatic carbocycles. The number of nitrogens with zero attached hydrogens (tertiary/aromatic N) is 10. The van der Waals surface area contributed by atoms with Gasteiger partial charge in [0.15, 0.2) is 23.3 Å². The molecule has 62 heavy (non-hydrogen) atoms. The van der Waals surface area contributed by atoms with Crippen molar-refractivity contribution in [2.75, 3.05) is 52.2 Å². The smallest absolute Gasteiger partial charge is 1.00 e. The normalized spacial score (nSPS) is 12.7. The van der Waals surface area contributed by atoms with Crippen molar-refractivity contribution in [2.24, 2.45) is 10.3 Å². The van der Waals surface area contributed by atoms with Crippen molar-refractivity contribution in [3.63, 3.8) is 0 Å². The number of hydrogen-bond donors (Lipinski definition) is 2. The van der Waals surface area contributed by atoms with Crippen LogP contribution in [0.4, 0.5) is 4.79 Å². The zero-order chi connectivity index (χ0) is 43.4. The quantitative estimate of drug-likeness (QED) is 0.0437. The van der Waals surface area contributed by atoms with E-state index in [0.717, 1.165) is 15.2 Å². The maximum absolute atomic E-state index is 12.5. The molecule has 4 aromatic heterocycles. The summed E-state index contributed by atoms with van der Waals surface area (Å²) in [5.41, 5.74) is 1.17. The third kappa shape index (κ3) is 17.9. The molecule has 4 aromatic rings. The fourth-order valence-corrected chi connectivity index (χ4v) is 6.94. The fraction of sp³-hybridized carbons (Fsp3) is 0.357. The van der Waals surface area contributed by atoms with Crippen LogP contribution in [-0.4, -0.2) is 122 Å². The van der Waals surface area contributed by atoms with Crippen LogP contribution in [-0.2, 0) is 43.6 Å². The molecule has 0 spiro atoms. The van der Waals surface area contributed by atoms with Crippen LogP contribution in [0.25, 0.3) is 0 Å². The number of carbonyl (C=O) groups excluding carboxylic acids is 1. The monoisotopic (exact) mass is 1040 g/mol. The Bertz CT molecular complexity index is 2400. The molecule has 6 heterocycles. The number of thioether (sulfide) groups is 2. The molecular formula is C28H32Cl2K2N12O14S4. The van der Waals surface area contributed by atoms with Crippen LogP contribution in [0.15, 0.2) is 76.9 Å². The average molecular weight is 1040 g/mol. The zero-order valence-electron chi connectivity index (χ0n) is 33.3. The third-order valence-electron chi connectivity index (χ3n) is 6.14. The van der Waals surface area contributed by atoms with Crippen LogP contribution in [0.5, 0.6) is 0 Å². The van der Waals surface area contributed by atoms with Crippen molar-refractivity contribution >= 4 is 72.2 Å². The number of nitrogens with one attached hydrogen (secondary N) is 2. The van der Waals surface area contributed by atoms with Crippen LogP contribution in [0.3, 0.4) is 0 Å². The number of ether oxygens (including phenoxy) is 2. The number of rotatable bonds is 12. The molecule has 2 aliphatic rings. The summed E-state index contributed by atoms with van der Waals surface area (Å²) < 4.78 is 52.8. The summed E-state index contributed by atoms with van der Waals surface area (Å²) in [6.45, 7) is 5.00. The first-order valence-corrected chi connectivity index (χ1v) is 21.4. The first kappa shape index (κ1) is 59.7. The van der Waals surface area contributed by atoms with Crippen molar-refractivity contribution in [3.05, 3.63) is 68.8 Å². The first-order valence-electron chi connectivity index (χ1n) is 16.0. The Kier molecular flexibility index (Phi) is 30.4. The van der Waals surface area contributed by atoms with E-state index in [4.69, 9.17) is 54.2 Å². The maximum Gasteiger partial charge on any atom is 1.00 e. The van der Waals surface area contributed by atoms with Gasteiger partial charge in [0.05, 0.1) is 11.1 Å². The molecule has 0 saturated heterocycles. The van der Waals surface area contributed by atoms with Crippen molar-refractivity contribution in [1.29, 1.82) is 5.26 Å². The number of halogens is 2. The zero-order valence-corrected chi connectivity index (χ0v) is 44.3. The van der Waals surface area contributed by atoms with E-state index in [-0.39, 0.29) is 172 Å². The van der Waals surface area contributed by atoms with E-state index in [1.807, 2.05) is 19.3 Å². The Balaban J connectivity index is 0.000000951. The van der Waals surface area contributed by atoms with Crippen LogP contribution < -0.4 is 147 Å². The van der Waals surface area contributed by atoms with Gasteiger partial charge in [-0.2, -0.15) is 9.76 Å². The number of pyridine rings is 2. The molecule has 0 aliphatic carbocycles. The summed E-state index contributed by atoms with van der Waals surface area (Å²) in [5.74, 6) is 1.60. The first-order chi connectivity index (χ1) is 28.4. The fourth-order valence-electron chi connectivity index (χ4n) is 3.95. The Morgan fingerprint density at radius 1 is 0.968 bits per heavy atom. The number of H-pyrrole nitrogens is 1. The van der Waals surface area contributed by atoms with E-state index < -0.39 is 31.9 Å². The van der Waals surface area contributed by atoms with Gasteiger partial charge in [-0.25, -0.2) is 47.3 Å². The average Bonchev–Trinajstić information content (AvgIpc) is 3.77. The molecule has 1 amide bonds. The van der Waals surface area contributed by atoms with E-state index >= 15 is 0 Å². The molecule has 0 bridgehead atoms. The number of carbonyl (C=O) groups is 1. The summed E-state index contributed by atoms with van der Waals surface area (Å²) in [6.07, 6.45) is 3.20. The van der Waals surface area contributed by atoms with Crippen LogP contribution >= 0.6 is 34.2 Å². The summed E-state index contributed by atoms with van der Waals surface area (Å²) in [7, 11) is 3.99. The minimum Gasteiger partial charge on any atom is -1.00 e. The molecule has 26 nitrogen and oxygen atoms in total. The number of amides is 1. The Morgan fingerprint density at radius 3 is 2.02 bits per heavy atom. The SMILES string of the molecule is CCSc1n[nH]c(=O)n1OC.CCSc1nn(C(=O)NOS(=O)c2ncccc2C2=NOCCO2)c(=O)n1OC.N#C[O-].O=S(=O)(Cl)c1ncccc1C1=NOCCO1.[Cl-].[K+].[K+]. The number of oxime groups is 2. The van der Waals surface area contributed by atoms with Gasteiger partial charge >= 0.3 is 120 Å². The topological polar surface area (TPSA) is 333 Å². The Morgan fingerprint density at radius 2 is 1.50 bits per heavy atom. The molecular weight excluding hydrogens is 1010 g/mol. The largest absolute Gasteiger partial charge is 1.00 e. The van der Waals surface area contributed by atoms with E-state index in [0.29, 0.717) is 35.1 Å². The molecule has 2 aliphatic heterocycles. The van der Waals surface area contributed by atoms with Gasteiger partial charge in [0.1, 0.15) is 27.4 Å². The van der Waals surface area contributed by atoms with Gasteiger partial charge in [-0.3, -0.25) is 0 Å². The minimum atomic E-state index is -3.94. The number of hydroxylamine groups is 1. The molecule has 0 radical (unpaired) electrons. The molecule has 1 unspecified atom stereocenters. The van der Waals surface area contributed by atoms with Gasteiger partial charge < -0.3 is 46.3 Å². The summed E-state index contributed by atoms with van der Waals surface area (Å²) >= 11 is 0.390. The van der Waals surface area contributed by atoms with Crippen LogP contribution in [0.1, 0.15) is 25.0 Å². The molecule has 6 rings (SSSR count). The van der Waals surface area contributed by atoms with E-state index in [9.17, 15) is 27.0 Å². The van der Waals surface area contributed by atoms with Crippen molar-refractivity contribution < 1.29 is 171 Å². The second-order valence-electron chi connectivity index (χ2n) is 9.73. The van der Waals surface area contributed by atoms with Crippen LogP contribution in [0, 0.1) is 11.5 Å². The standard InChI is InChI=1S/C14H16N6O7S2.C8H7ClN2O4S.C5H9N3O2S.CHNO.ClH.2K/c1-3-28-13-16-19(14(22)20(13)24-2)12(21)18-27-29(23)11-9(5-4-6-15-11)10-17-26-8-7-25-10;9-16(12,13)8-6(2-1-3-10-8)7-11-15-5-4-14-7;1-3-11-5-7-6-4(9)8(5)10-2;2-1-3;;;/h4-6H,3,7-8H2,1-2H3,(H,18,21);1-3H,4-5H2;3H2,1-2H3,(H,6,9);3H;1H;;/q;;;;;2*+1/p-2. The summed E-state index contributed by atoms with van der Waals surface area (Å²) in [4.78, 5) is 62.4. The predicted molar refractivity (Wildman–Crippen MR) is 203 cm³/mol. The van der Waals surface area contributed by atoms with E-state index in [1.165, 1.54) is 56.2 Å². The molecule has 2 N–H and O–H groups in total. The number of hydrogen-bond acceptors (Lipinski definition) is 23. The second kappa shape index (κ2) is 31.5. The van der Waals surface area contributed by atoms with Crippen molar-refractivity contribution in [1.82, 2.24) is 44.9 Å². The van der Waals surface area contributed by atoms with Crippen LogP contribution in [0.2, 0.25) is 0 Å². The van der Waals surface area contributed by atoms with Gasteiger partial charge in [-0.05, 0) is 46.1 Å². The van der Waals surface area contributed by atoms with Gasteiger partial charge in [0.2, 0.25) is 21.4 Å². The van der Waals surface area contributed by atoms with Gasteiger partial charge in [0.25, 0.3) is 20.8 Å². The molecule has 0 saturated carbocycles. The third-order valence-corrected chi connectivity index (χ3v) is 9.84. The summed E-state index contributed by atoms with van der Waals surface area (Å²) in [6, 6.07) is 5.12. The predicted octanol–water partition coefficient (Wildman–Crippen LogP) is -10.2. The van der Waals surface area contributed by atoms with Gasteiger partial charge in [-0.1, -0.05) is 37.4 Å². The Hall–Kier alpha value is -2.31. The van der Waals surface area contributed by atoms with E-state index in [2.05, 4.69) is 35.6 Å². The summed E-state index contributed by atoms with van der Waals surface area (Å²) in [5, 5.41) is 32.6. The van der Waals surface area contributed by atoms with E-state index in [1.54, 1.807) is 18.2 Å². The van der Waals surface area contributed by atoms with Gasteiger partial charge in [0, 0.05) is 29.3 Å². The number of aromatic nitrogens is 8. The van der Waals surface area contributed by atoms with Crippen molar-refractivity contribution in [3.8, 4) is 6.26 Å². The maximum atomic E-state index is 12.5. The van der Waals surface area contributed by atoms with Crippen molar-refractivity contribution in [2.45, 2.75) is 34.2 Å². The number of aromatic amines is 1. The second-order valence-corrected chi connectivity index (χ2v) is 15.7. The molecule has 328 valence electrons. The molecule has 1 atom stereocenters. The van der Waals surface area contributed by atoms with Gasteiger partial charge in [-0.15, -0.1) is 24.3 Å². The molecule has 34 heteroatoms. The molecule has 0 fully saturated rings.